The number of anilines is 1. The van der Waals surface area contributed by atoms with Crippen LogP contribution in [0.5, 0.6) is 5.75 Å². The summed E-state index contributed by atoms with van der Waals surface area (Å²) in [7, 11) is 0. The van der Waals surface area contributed by atoms with E-state index < -0.39 is 11.9 Å². The molecule has 0 radical (unpaired) electrons. The molecule has 0 heterocycles. The van der Waals surface area contributed by atoms with Gasteiger partial charge in [0.1, 0.15) is 5.75 Å². The summed E-state index contributed by atoms with van der Waals surface area (Å²) in [5.41, 5.74) is 2.06. The number of phenols is 1. The average molecular weight is 327 g/mol. The molecule has 0 aliphatic carbocycles. The molecular weight excluding hydrogens is 306 g/mol. The molecule has 1 amide bonds. The number of esters is 1. The third-order valence-corrected chi connectivity index (χ3v) is 3.79. The highest BCUT2D eigenvalue weighted by molar-refractivity contribution is 5.95. The number of ether oxygens (including phenoxy) is 1. The lowest BCUT2D eigenvalue weighted by Crippen LogP contribution is -2.20. The van der Waals surface area contributed by atoms with Crippen molar-refractivity contribution in [1.82, 2.24) is 0 Å². The molecule has 2 N–H and O–H groups in total. The third kappa shape index (κ3) is 4.84. The molecule has 2 rings (SSSR count). The van der Waals surface area contributed by atoms with Crippen LogP contribution in [0.3, 0.4) is 0 Å². The first-order valence-electron chi connectivity index (χ1n) is 7.85. The number of nitrogens with one attached hydrogen (secondary N) is 1. The summed E-state index contributed by atoms with van der Waals surface area (Å²) < 4.78 is 4.93. The molecule has 24 heavy (non-hydrogen) atoms. The van der Waals surface area contributed by atoms with Crippen LogP contribution in [0, 0.1) is 0 Å². The van der Waals surface area contributed by atoms with E-state index in [-0.39, 0.29) is 17.9 Å². The van der Waals surface area contributed by atoms with Crippen molar-refractivity contribution in [3.05, 3.63) is 59.7 Å². The summed E-state index contributed by atoms with van der Waals surface area (Å²) in [6.45, 7) is 3.89. The largest absolute Gasteiger partial charge is 0.508 e. The maximum atomic E-state index is 11.9. The van der Waals surface area contributed by atoms with Gasteiger partial charge in [-0.25, -0.2) is 4.79 Å². The van der Waals surface area contributed by atoms with Gasteiger partial charge in [-0.15, -0.1) is 0 Å². The Labute approximate surface area is 141 Å². The van der Waals surface area contributed by atoms with Crippen LogP contribution in [0.15, 0.2) is 48.5 Å². The zero-order chi connectivity index (χ0) is 17.5. The van der Waals surface area contributed by atoms with E-state index in [0.717, 1.165) is 6.42 Å². The number of benzene rings is 2. The third-order valence-electron chi connectivity index (χ3n) is 3.79. The lowest BCUT2D eigenvalue weighted by Gasteiger charge is -2.10. The Balaban J connectivity index is 1.86. The highest BCUT2D eigenvalue weighted by Crippen LogP contribution is 2.20. The molecule has 2 aromatic carbocycles. The maximum Gasteiger partial charge on any atom is 0.338 e. The summed E-state index contributed by atoms with van der Waals surface area (Å²) in [5.74, 6) is -0.638. The summed E-state index contributed by atoms with van der Waals surface area (Å²) >= 11 is 0. The van der Waals surface area contributed by atoms with Crippen LogP contribution in [-0.4, -0.2) is 23.6 Å². The minimum atomic E-state index is -0.659. The number of phenolic OH excluding ortho intramolecular Hbond substituents is 1. The highest BCUT2D eigenvalue weighted by atomic mass is 16.5. The van der Waals surface area contributed by atoms with Crippen LogP contribution in [0.4, 0.5) is 5.69 Å². The van der Waals surface area contributed by atoms with Gasteiger partial charge in [-0.1, -0.05) is 32.0 Å². The van der Waals surface area contributed by atoms with E-state index in [9.17, 15) is 14.7 Å². The SMILES string of the molecule is CC[C@H](C)c1ccc(NC(=O)COC(=O)c2cccc(O)c2)cc1. The van der Waals surface area contributed by atoms with Gasteiger partial charge in [-0.05, 0) is 48.2 Å². The number of carbonyl (C=O) groups is 2. The zero-order valence-corrected chi connectivity index (χ0v) is 13.8. The fraction of sp³-hybridized carbons (Fsp3) is 0.263. The van der Waals surface area contributed by atoms with Gasteiger partial charge in [0.2, 0.25) is 0 Å². The highest BCUT2D eigenvalue weighted by Gasteiger charge is 2.11. The first-order chi connectivity index (χ1) is 11.5. The average Bonchev–Trinajstić information content (AvgIpc) is 2.59. The second-order valence-electron chi connectivity index (χ2n) is 5.61. The van der Waals surface area contributed by atoms with Crippen LogP contribution >= 0.6 is 0 Å². The van der Waals surface area contributed by atoms with Gasteiger partial charge >= 0.3 is 5.97 Å². The van der Waals surface area contributed by atoms with E-state index in [0.29, 0.717) is 11.6 Å². The fourth-order valence-electron chi connectivity index (χ4n) is 2.18. The van der Waals surface area contributed by atoms with E-state index in [1.54, 1.807) is 0 Å². The molecule has 1 atom stereocenters. The first kappa shape index (κ1) is 17.5. The van der Waals surface area contributed by atoms with Gasteiger partial charge in [0, 0.05) is 5.69 Å². The molecule has 0 aliphatic rings. The molecule has 0 saturated heterocycles. The van der Waals surface area contributed by atoms with Gasteiger partial charge in [0.05, 0.1) is 5.56 Å². The minimum Gasteiger partial charge on any atom is -0.508 e. The molecule has 5 heteroatoms. The summed E-state index contributed by atoms with van der Waals surface area (Å²) in [6, 6.07) is 13.4. The molecule has 126 valence electrons. The Bertz CT molecular complexity index is 710. The number of hydrogen-bond acceptors (Lipinski definition) is 4. The standard InChI is InChI=1S/C19H21NO4/c1-3-13(2)14-7-9-16(10-8-14)20-18(22)12-24-19(23)15-5-4-6-17(21)11-15/h4-11,13,21H,3,12H2,1-2H3,(H,20,22)/t13-/m0/s1. The van der Waals surface area contributed by atoms with Gasteiger partial charge in [-0.2, -0.15) is 0 Å². The van der Waals surface area contributed by atoms with Crippen LogP contribution in [0.2, 0.25) is 0 Å². The van der Waals surface area contributed by atoms with Crippen molar-refractivity contribution >= 4 is 17.6 Å². The Morgan fingerprint density at radius 2 is 1.88 bits per heavy atom. The molecule has 0 aliphatic heterocycles. The van der Waals surface area contributed by atoms with Gasteiger partial charge in [0.25, 0.3) is 5.91 Å². The van der Waals surface area contributed by atoms with Crippen molar-refractivity contribution in [2.24, 2.45) is 0 Å². The van der Waals surface area contributed by atoms with Gasteiger partial charge in [0.15, 0.2) is 6.61 Å². The molecular formula is C19H21NO4. The smallest absolute Gasteiger partial charge is 0.338 e. The summed E-state index contributed by atoms with van der Waals surface area (Å²) in [6.07, 6.45) is 1.05. The van der Waals surface area contributed by atoms with Gasteiger partial charge in [-0.3, -0.25) is 4.79 Å². The first-order valence-corrected chi connectivity index (χ1v) is 7.85. The maximum absolute atomic E-state index is 11.9. The number of hydrogen-bond donors (Lipinski definition) is 2. The predicted octanol–water partition coefficient (Wildman–Crippen LogP) is 3.70. The normalized spacial score (nSPS) is 11.6. The van der Waals surface area contributed by atoms with Crippen molar-refractivity contribution in [3.8, 4) is 5.75 Å². The van der Waals surface area contributed by atoms with E-state index in [2.05, 4.69) is 19.2 Å². The monoisotopic (exact) mass is 327 g/mol. The van der Waals surface area contributed by atoms with Crippen LogP contribution < -0.4 is 5.32 Å². The second kappa shape index (κ2) is 8.15. The molecule has 0 aromatic heterocycles. The topological polar surface area (TPSA) is 75.6 Å². The van der Waals surface area contributed by atoms with Gasteiger partial charge < -0.3 is 15.2 Å². The Kier molecular flexibility index (Phi) is 5.95. The number of carbonyl (C=O) groups excluding carboxylic acids is 2. The van der Waals surface area contributed by atoms with E-state index in [4.69, 9.17) is 4.74 Å². The lowest BCUT2D eigenvalue weighted by molar-refractivity contribution is -0.119. The van der Waals surface area contributed by atoms with E-state index in [1.807, 2.05) is 24.3 Å². The minimum absolute atomic E-state index is 0.0321. The molecule has 2 aromatic rings. The fourth-order valence-corrected chi connectivity index (χ4v) is 2.18. The van der Waals surface area contributed by atoms with E-state index in [1.165, 1.54) is 29.8 Å². The number of aromatic hydroxyl groups is 1. The second-order valence-corrected chi connectivity index (χ2v) is 5.61. The summed E-state index contributed by atoms with van der Waals surface area (Å²) in [4.78, 5) is 23.6. The van der Waals surface area contributed by atoms with Crippen LogP contribution in [0.25, 0.3) is 0 Å². The van der Waals surface area contributed by atoms with Crippen molar-refractivity contribution < 1.29 is 19.4 Å². The van der Waals surface area contributed by atoms with Crippen LogP contribution in [-0.2, 0) is 9.53 Å². The van der Waals surface area contributed by atoms with Crippen molar-refractivity contribution in [2.45, 2.75) is 26.2 Å². The quantitative estimate of drug-likeness (QED) is 0.793. The van der Waals surface area contributed by atoms with E-state index >= 15 is 0 Å². The predicted molar refractivity (Wildman–Crippen MR) is 92.2 cm³/mol. The molecule has 0 spiro atoms. The van der Waals surface area contributed by atoms with Crippen LogP contribution in [0.1, 0.15) is 42.1 Å². The Hall–Kier alpha value is -2.82. The lowest BCUT2D eigenvalue weighted by atomic mass is 9.99. The van der Waals surface area contributed by atoms with Crippen molar-refractivity contribution in [2.75, 3.05) is 11.9 Å². The number of amides is 1. The Morgan fingerprint density at radius 1 is 1.17 bits per heavy atom. The molecule has 0 saturated carbocycles. The number of rotatable bonds is 6. The van der Waals surface area contributed by atoms with Crippen molar-refractivity contribution in [1.29, 1.82) is 0 Å². The van der Waals surface area contributed by atoms with Crippen molar-refractivity contribution in [3.63, 3.8) is 0 Å². The Morgan fingerprint density at radius 3 is 2.50 bits per heavy atom. The summed E-state index contributed by atoms with van der Waals surface area (Å²) in [5, 5.41) is 12.0. The zero-order valence-electron chi connectivity index (χ0n) is 13.8. The molecule has 5 nitrogen and oxygen atoms in total. The molecule has 0 fully saturated rings. The molecule has 0 unspecified atom stereocenters. The molecule has 0 bridgehead atoms.